The van der Waals surface area contributed by atoms with Crippen molar-refractivity contribution >= 4 is 53.3 Å². The highest BCUT2D eigenvalue weighted by Crippen LogP contribution is 2.22. The van der Waals surface area contributed by atoms with Crippen LogP contribution < -0.4 is 41.4 Å². The number of nitrogens with zero attached hydrogens (tertiary/aromatic N) is 2. The predicted molar refractivity (Wildman–Crippen MR) is 270 cm³/mol. The van der Waals surface area contributed by atoms with Gasteiger partial charge in [0.2, 0.25) is 23.6 Å². The predicted octanol–water partition coefficient (Wildman–Crippen LogP) is 7.16. The molecule has 2 heterocycles. The zero-order valence-corrected chi connectivity index (χ0v) is 42.8. The van der Waals surface area contributed by atoms with Gasteiger partial charge < -0.3 is 60.3 Å². The van der Waals surface area contributed by atoms with Gasteiger partial charge in [-0.25, -0.2) is 29.1 Å². The van der Waals surface area contributed by atoms with Crippen molar-refractivity contribution in [3.63, 3.8) is 0 Å². The van der Waals surface area contributed by atoms with Gasteiger partial charge in [0.1, 0.15) is 34.8 Å². The fourth-order valence-electron chi connectivity index (χ4n) is 6.42. The Morgan fingerprint density at radius 1 is 0.528 bits per heavy atom. The summed E-state index contributed by atoms with van der Waals surface area (Å²) in [4.78, 5) is 84.1. The third kappa shape index (κ3) is 21.6. The van der Waals surface area contributed by atoms with Gasteiger partial charge in [-0.1, -0.05) is 12.1 Å². The number of hydrogen-bond acceptors (Lipinski definition) is 15. The van der Waals surface area contributed by atoms with Crippen LogP contribution >= 0.6 is 12.2 Å². The van der Waals surface area contributed by atoms with Gasteiger partial charge in [-0.3, -0.25) is 9.59 Å². The van der Waals surface area contributed by atoms with Crippen LogP contribution in [-0.4, -0.2) is 102 Å². The molecule has 0 spiro atoms. The van der Waals surface area contributed by atoms with Crippen LogP contribution in [0.3, 0.4) is 0 Å². The first kappa shape index (κ1) is 57.0. The van der Waals surface area contributed by atoms with Gasteiger partial charge in [-0.05, 0) is 152 Å². The van der Waals surface area contributed by atoms with E-state index in [1.807, 2.05) is 0 Å². The summed E-state index contributed by atoms with van der Waals surface area (Å²) < 4.78 is 31.8. The lowest BCUT2D eigenvalue weighted by atomic mass is 10.1. The number of methoxy groups -OCH3 is 2. The highest BCUT2D eigenvalue weighted by atomic mass is 32.1. The van der Waals surface area contributed by atoms with Crippen molar-refractivity contribution in [2.75, 3.05) is 27.3 Å². The Morgan fingerprint density at radius 2 is 0.903 bits per heavy atom. The van der Waals surface area contributed by atoms with E-state index in [2.05, 4.69) is 41.9 Å². The van der Waals surface area contributed by atoms with Gasteiger partial charge in [-0.2, -0.15) is 0 Å². The first-order valence-electron chi connectivity index (χ1n) is 23.4. The van der Waals surface area contributed by atoms with Crippen LogP contribution in [-0.2, 0) is 41.6 Å². The first-order valence-corrected chi connectivity index (χ1v) is 23.8. The maximum Gasteiger partial charge on any atom is 0.408 e. The number of rotatable bonds is 24. The van der Waals surface area contributed by atoms with Gasteiger partial charge in [0.25, 0.3) is 0 Å². The van der Waals surface area contributed by atoms with E-state index >= 15 is 0 Å². The fraction of sp³-hybridized carbons (Fsp3) is 0.431. The van der Waals surface area contributed by atoms with Crippen LogP contribution in [0.2, 0.25) is 0 Å². The molecule has 4 amide bonds. The number of benzene rings is 2. The second-order valence-electron chi connectivity index (χ2n) is 18.3. The van der Waals surface area contributed by atoms with E-state index in [1.54, 1.807) is 127 Å². The van der Waals surface area contributed by atoms with E-state index < -0.39 is 59.2 Å². The molecule has 0 bridgehead atoms. The monoisotopic (exact) mass is 1010 g/mol. The molecule has 0 aliphatic heterocycles. The van der Waals surface area contributed by atoms with Crippen molar-refractivity contribution in [1.82, 2.24) is 41.9 Å². The second kappa shape index (κ2) is 28.3. The normalized spacial score (nSPS) is 11.9. The minimum Gasteiger partial charge on any atom is -0.465 e. The highest BCUT2D eigenvalue weighted by molar-refractivity contribution is 7.80. The molecular weight excluding hydrogens is 949 g/mol. The Morgan fingerprint density at radius 3 is 1.22 bits per heavy atom. The minimum absolute atomic E-state index is 0.146. The SMILES string of the molecule is COC(=O)c1ccc(Oc2ccc(CNC(=O)[C@H](CCCCNC(=S)NCCCC[C@H](NC(=O)OC(C)(C)C)C(=O)NCc3ccc(Oc4ccc(C(=O)OC)cc4)nc3)NC(=O)OC(C)(C)C)cn2)cc1. The molecule has 4 aromatic rings. The van der Waals surface area contributed by atoms with Crippen LogP contribution in [0.1, 0.15) is 112 Å². The Balaban J connectivity index is 1.18. The van der Waals surface area contributed by atoms with Crippen molar-refractivity contribution in [3.8, 4) is 23.3 Å². The molecule has 2 aromatic carbocycles. The van der Waals surface area contributed by atoms with E-state index in [-0.39, 0.29) is 13.1 Å². The van der Waals surface area contributed by atoms with Crippen molar-refractivity contribution in [2.45, 2.75) is 116 Å². The summed E-state index contributed by atoms with van der Waals surface area (Å²) >= 11 is 5.48. The average molecular weight is 1020 g/mol. The number of carbonyl (C=O) groups excluding carboxylic acids is 6. The number of alkyl carbamates (subject to hydrolysis) is 2. The Kier molecular flexibility index (Phi) is 22.4. The number of amides is 4. The van der Waals surface area contributed by atoms with Crippen molar-refractivity contribution in [1.29, 1.82) is 0 Å². The number of pyridine rings is 2. The van der Waals surface area contributed by atoms with E-state index in [4.69, 9.17) is 40.6 Å². The van der Waals surface area contributed by atoms with Crippen LogP contribution in [0.15, 0.2) is 85.2 Å². The van der Waals surface area contributed by atoms with Crippen LogP contribution in [0.5, 0.6) is 23.3 Å². The number of ether oxygens (including phenoxy) is 6. The van der Waals surface area contributed by atoms with Gasteiger partial charge in [-0.15, -0.1) is 0 Å². The topological polar surface area (TPSA) is 256 Å². The van der Waals surface area contributed by atoms with E-state index in [1.165, 1.54) is 14.2 Å². The second-order valence-corrected chi connectivity index (χ2v) is 18.7. The summed E-state index contributed by atoms with van der Waals surface area (Å²) in [7, 11) is 2.62. The number of nitrogens with one attached hydrogen (secondary N) is 6. The molecule has 6 N–H and O–H groups in total. The zero-order chi connectivity index (χ0) is 52.7. The van der Waals surface area contributed by atoms with Crippen molar-refractivity contribution in [3.05, 3.63) is 107 Å². The molecule has 20 nitrogen and oxygen atoms in total. The largest absolute Gasteiger partial charge is 0.465 e. The third-order valence-corrected chi connectivity index (χ3v) is 10.2. The van der Waals surface area contributed by atoms with Gasteiger partial charge in [0.15, 0.2) is 5.11 Å². The maximum atomic E-state index is 13.4. The van der Waals surface area contributed by atoms with Crippen molar-refractivity contribution < 1.29 is 57.2 Å². The molecule has 0 saturated heterocycles. The fourth-order valence-corrected chi connectivity index (χ4v) is 6.63. The lowest BCUT2D eigenvalue weighted by molar-refractivity contribution is -0.124. The van der Waals surface area contributed by atoms with Crippen LogP contribution in [0.4, 0.5) is 9.59 Å². The number of unbranched alkanes of at least 4 members (excludes halogenated alkanes) is 2. The molecule has 4 rings (SSSR count). The minimum atomic E-state index is -0.875. The lowest BCUT2D eigenvalue weighted by Crippen LogP contribution is -2.48. The Labute approximate surface area is 425 Å². The molecule has 2 aromatic heterocycles. The van der Waals surface area contributed by atoms with Crippen LogP contribution in [0, 0.1) is 0 Å². The van der Waals surface area contributed by atoms with Gasteiger partial charge >= 0.3 is 24.1 Å². The van der Waals surface area contributed by atoms with Crippen LogP contribution in [0.25, 0.3) is 0 Å². The van der Waals surface area contributed by atoms with Gasteiger partial charge in [0, 0.05) is 50.7 Å². The summed E-state index contributed by atoms with van der Waals surface area (Å²) in [5.41, 5.74) is 0.647. The molecule has 0 radical (unpaired) electrons. The molecule has 72 heavy (non-hydrogen) atoms. The smallest absolute Gasteiger partial charge is 0.408 e. The molecule has 0 fully saturated rings. The molecule has 21 heteroatoms. The summed E-state index contributed by atoms with van der Waals surface area (Å²) in [6.45, 7) is 11.7. The summed E-state index contributed by atoms with van der Waals surface area (Å²) in [5.74, 6) is -0.112. The van der Waals surface area contributed by atoms with E-state index in [0.29, 0.717) is 102 Å². The van der Waals surface area contributed by atoms with E-state index in [0.717, 1.165) is 0 Å². The average Bonchev–Trinajstić information content (AvgIpc) is 3.33. The highest BCUT2D eigenvalue weighted by Gasteiger charge is 2.26. The quantitative estimate of drug-likeness (QED) is 0.0176. The number of esters is 2. The summed E-state index contributed by atoms with van der Waals surface area (Å²) in [5, 5.41) is 17.9. The van der Waals surface area contributed by atoms with Crippen molar-refractivity contribution in [2.24, 2.45) is 0 Å². The summed E-state index contributed by atoms with van der Waals surface area (Å²) in [6, 6.07) is 17.9. The molecule has 388 valence electrons. The Bertz CT molecular complexity index is 2240. The number of aromatic nitrogens is 2. The lowest BCUT2D eigenvalue weighted by Gasteiger charge is -2.23. The van der Waals surface area contributed by atoms with Gasteiger partial charge in [0.05, 0.1) is 25.3 Å². The maximum absolute atomic E-state index is 13.4. The number of thiocarbonyl (C=S) groups is 1. The molecule has 2 atom stereocenters. The van der Waals surface area contributed by atoms with E-state index in [9.17, 15) is 28.8 Å². The molecule has 0 saturated carbocycles. The molecule has 0 aliphatic rings. The standard InChI is InChI=1S/C51H66N8O12S/c1-50(2,3)70-48(64)58-39(43(60)56-31-33-15-25-41(54-29-33)68-37-21-17-35(18-22-37)45(62)66-7)13-9-11-27-52-47(72)53-28-12-10-14-40(59-49(65)71-51(4,5)6)44(61)57-32-34-16-26-42(55-30-34)69-38-23-19-36(20-24-38)46(63)67-8/h15-26,29-30,39-40H,9-14,27-28,31-32H2,1-8H3,(H,56,60)(H,57,61)(H,58,64)(H,59,65)(H2,52,53,72)/t39-,40-/m0/s1. The Hall–Kier alpha value is -7.55. The zero-order valence-electron chi connectivity index (χ0n) is 42.0. The first-order chi connectivity index (χ1) is 34.2. The summed E-state index contributed by atoms with van der Waals surface area (Å²) in [6.07, 6.45) is 4.76. The number of hydrogen-bond donors (Lipinski definition) is 6. The molecule has 0 aliphatic carbocycles. The third-order valence-electron chi connectivity index (χ3n) is 9.95. The molecular formula is C51H66N8O12S. The molecule has 0 unspecified atom stereocenters. The number of carbonyl (C=O) groups is 6.